The van der Waals surface area contributed by atoms with Crippen LogP contribution in [0.4, 0.5) is 11.4 Å². The van der Waals surface area contributed by atoms with Gasteiger partial charge in [-0.05, 0) is 78.3 Å². The van der Waals surface area contributed by atoms with E-state index in [1.54, 1.807) is 29.2 Å². The molecule has 1 N–H and O–H groups in total. The molecule has 0 radical (unpaired) electrons. The number of nitrogens with zero attached hydrogens (tertiary/aromatic N) is 1. The third kappa shape index (κ3) is 57.2. The van der Waals surface area contributed by atoms with E-state index >= 15 is 0 Å². The van der Waals surface area contributed by atoms with Crippen LogP contribution in [0.15, 0.2) is 45.3 Å². The molecule has 2 aromatic rings. The van der Waals surface area contributed by atoms with Crippen molar-refractivity contribution in [3.63, 3.8) is 0 Å². The molecule has 0 atom stereocenters. The lowest BCUT2D eigenvalue weighted by atomic mass is 9.90. The lowest BCUT2D eigenvalue weighted by Gasteiger charge is -2.20. The van der Waals surface area contributed by atoms with Crippen LogP contribution < -0.4 is 10.2 Å². The van der Waals surface area contributed by atoms with Gasteiger partial charge in [0.2, 0.25) is 0 Å². The highest BCUT2D eigenvalue weighted by atomic mass is 127. The Kier molecular flexibility index (Phi) is 71.2. The van der Waals surface area contributed by atoms with Crippen LogP contribution in [0, 0.1) is 11.8 Å². The van der Waals surface area contributed by atoms with Gasteiger partial charge >= 0.3 is 0 Å². The first kappa shape index (κ1) is 99.5. The van der Waals surface area contributed by atoms with Gasteiger partial charge in [0.05, 0.1) is 22.5 Å². The summed E-state index contributed by atoms with van der Waals surface area (Å²) in [6, 6.07) is 10.6. The number of Topliss-reactive ketones (excluding diaryl/α,β-unsaturated/α-hetero) is 2. The van der Waals surface area contributed by atoms with Gasteiger partial charge in [0, 0.05) is 15.5 Å². The van der Waals surface area contributed by atoms with Crippen LogP contribution in [0.3, 0.4) is 0 Å². The lowest BCUT2D eigenvalue weighted by Crippen LogP contribution is -2.30. The molecular weight excluding hydrogens is 1530 g/mol. The highest BCUT2D eigenvalue weighted by molar-refractivity contribution is 14.1. The maximum Gasteiger partial charge on any atom is 0.299 e. The monoisotopic (exact) mass is 1700 g/mol. The van der Waals surface area contributed by atoms with Crippen molar-refractivity contribution < 1.29 is 19.2 Å². The summed E-state index contributed by atoms with van der Waals surface area (Å²) in [7, 11) is 0. The molecule has 2 aliphatic heterocycles. The molecule has 2 aliphatic rings. The summed E-state index contributed by atoms with van der Waals surface area (Å²) in [6.45, 7) is 9.88. The average Bonchev–Trinajstić information content (AvgIpc) is 1.64. The molecule has 2 amide bonds. The largest absolute Gasteiger partial charge is 0.318 e. The van der Waals surface area contributed by atoms with Gasteiger partial charge in [0.1, 0.15) is 0 Å². The zero-order chi connectivity index (χ0) is 75.8. The predicted molar refractivity (Wildman–Crippen MR) is 479 cm³/mol. The van der Waals surface area contributed by atoms with E-state index in [4.69, 9.17) is 0 Å². The van der Waals surface area contributed by atoms with Crippen LogP contribution in [-0.4, -0.2) is 34.4 Å². The Labute approximate surface area is 682 Å². The van der Waals surface area contributed by atoms with Crippen molar-refractivity contribution in [1.29, 1.82) is 0 Å². The third-order valence-electron chi connectivity index (χ3n) is 23.2. The summed E-state index contributed by atoms with van der Waals surface area (Å²) in [5.74, 6) is 0.0676. The van der Waals surface area contributed by atoms with E-state index in [0.717, 1.165) is 32.9 Å². The fraction of sp³-hybridized carbons (Fsp3) is 0.833. The van der Waals surface area contributed by atoms with Crippen molar-refractivity contribution in [2.45, 2.75) is 490 Å². The summed E-state index contributed by atoms with van der Waals surface area (Å²) in [6.07, 6.45) is 104. The number of ketones is 2. The third-order valence-corrected chi connectivity index (χ3v) is 25.0. The molecule has 4 rings (SSSR count). The van der Waals surface area contributed by atoms with E-state index in [-0.39, 0.29) is 11.7 Å². The maximum absolute atomic E-state index is 12.8. The van der Waals surface area contributed by atoms with Gasteiger partial charge in [0.25, 0.3) is 23.4 Å². The second kappa shape index (κ2) is 75.1. The number of unbranched alkanes of at least 4 members (excludes halogenated alkanes) is 60. The Morgan fingerprint density at radius 1 is 0.295 bits per heavy atom. The number of carbonyl (C=O) groups is 4. The van der Waals surface area contributed by atoms with Gasteiger partial charge in [0.15, 0.2) is 0 Å². The van der Waals surface area contributed by atoms with Gasteiger partial charge in [-0.2, -0.15) is 0 Å². The standard InChI is InChI=1S/C48H84BrNO2.C40H81I.C8H4BrNO2/c1-3-5-7-9-11-13-15-17-19-21-23-25-27-29-31-33-36-43(38-35-41-50-46-42-44(49)39-40-45(46)47(51)48(50)52)37-34-32-30-28-26-24-22-20-18-16-14-12-10-8-6-4-2;1-3-5-7-9-11-13-15-17-19-21-23-25-27-29-31-33-36-40(38-35-39-41)37-34-32-30-28-26-24-22-20-18-16-14-12-10-8-6-4-2;9-4-1-2-5-6(3-4)10-8(12)7(5)11/h39-40,42-43H,3-38,41H2,1-2H3;40H,3-39H2,1-2H3;1-3H,(H,10,11,12). The first-order chi connectivity index (χ1) is 51.6. The van der Waals surface area contributed by atoms with Crippen molar-refractivity contribution in [1.82, 2.24) is 0 Å². The highest BCUT2D eigenvalue weighted by Crippen LogP contribution is 2.34. The summed E-state index contributed by atoms with van der Waals surface area (Å²) in [4.78, 5) is 49.0. The minimum atomic E-state index is -0.553. The first-order valence-corrected chi connectivity index (χ1v) is 49.6. The van der Waals surface area contributed by atoms with Crippen molar-refractivity contribution in [3.8, 4) is 0 Å². The molecule has 0 saturated carbocycles. The van der Waals surface area contributed by atoms with Crippen molar-refractivity contribution in [2.24, 2.45) is 11.8 Å². The second-order valence-corrected chi connectivity index (χ2v) is 35.9. The molecule has 2 heterocycles. The van der Waals surface area contributed by atoms with E-state index in [9.17, 15) is 19.2 Å². The number of fused-ring (bicyclic) bond motifs is 2. The van der Waals surface area contributed by atoms with Crippen LogP contribution >= 0.6 is 54.5 Å². The summed E-state index contributed by atoms with van der Waals surface area (Å²) >= 11 is 9.36. The van der Waals surface area contributed by atoms with Gasteiger partial charge < -0.3 is 10.2 Å². The number of hydrogen-bond acceptors (Lipinski definition) is 4. The van der Waals surface area contributed by atoms with Crippen LogP contribution in [0.5, 0.6) is 0 Å². The number of hydrogen-bond donors (Lipinski definition) is 1. The highest BCUT2D eigenvalue weighted by Gasteiger charge is 2.35. The molecule has 2 aromatic carbocycles. The predicted octanol–water partition coefficient (Wildman–Crippen LogP) is 34.4. The molecule has 0 saturated heterocycles. The molecule has 0 fully saturated rings. The number of halogens is 3. The van der Waals surface area contributed by atoms with Crippen LogP contribution in [0.25, 0.3) is 0 Å². The van der Waals surface area contributed by atoms with Crippen LogP contribution in [0.2, 0.25) is 0 Å². The molecule has 9 heteroatoms. The normalized spacial score (nSPS) is 12.6. The number of amides is 2. The number of alkyl halides is 1. The molecule has 0 bridgehead atoms. The molecule has 0 spiro atoms. The Balaban J connectivity index is 0.000000624. The Hall–Kier alpha value is -1.59. The van der Waals surface area contributed by atoms with E-state index in [1.165, 1.54) is 460 Å². The van der Waals surface area contributed by atoms with Crippen molar-refractivity contribution in [3.05, 3.63) is 56.5 Å². The van der Waals surface area contributed by atoms with Crippen LogP contribution in [0.1, 0.15) is 511 Å². The van der Waals surface area contributed by atoms with Gasteiger partial charge in [-0.1, -0.05) is 519 Å². The zero-order valence-electron chi connectivity index (χ0n) is 69.7. The lowest BCUT2D eigenvalue weighted by molar-refractivity contribution is -0.114. The first-order valence-electron chi connectivity index (χ1n) is 46.5. The summed E-state index contributed by atoms with van der Waals surface area (Å²) in [5, 5.41) is 2.47. The molecule has 0 aliphatic carbocycles. The Bertz CT molecular complexity index is 2240. The molecular formula is C96H169Br2IN2O4. The Morgan fingerprint density at radius 2 is 0.533 bits per heavy atom. The zero-order valence-corrected chi connectivity index (χ0v) is 75.0. The van der Waals surface area contributed by atoms with E-state index in [2.05, 4.69) is 87.5 Å². The maximum atomic E-state index is 12.8. The van der Waals surface area contributed by atoms with Gasteiger partial charge in [-0.3, -0.25) is 19.2 Å². The van der Waals surface area contributed by atoms with E-state index in [1.807, 2.05) is 12.1 Å². The smallest absolute Gasteiger partial charge is 0.299 e. The average molecular weight is 1700 g/mol. The molecule has 0 unspecified atom stereocenters. The fourth-order valence-corrected chi connectivity index (χ4v) is 17.5. The number of nitrogens with one attached hydrogen (secondary N) is 1. The minimum Gasteiger partial charge on any atom is -0.318 e. The molecule has 105 heavy (non-hydrogen) atoms. The Morgan fingerprint density at radius 3 is 0.810 bits per heavy atom. The van der Waals surface area contributed by atoms with E-state index < -0.39 is 11.7 Å². The fourth-order valence-electron chi connectivity index (χ4n) is 16.3. The summed E-state index contributed by atoms with van der Waals surface area (Å²) in [5.41, 5.74) is 2.38. The van der Waals surface area contributed by atoms with Crippen LogP contribution in [-0.2, 0) is 9.59 Å². The molecule has 0 aromatic heterocycles. The number of rotatable bonds is 75. The number of benzene rings is 2. The topological polar surface area (TPSA) is 83.6 Å². The van der Waals surface area contributed by atoms with E-state index in [0.29, 0.717) is 23.4 Å². The van der Waals surface area contributed by atoms with Gasteiger partial charge in [-0.25, -0.2) is 0 Å². The molecule has 608 valence electrons. The quantitative estimate of drug-likeness (QED) is 0.0310. The SMILES string of the molecule is CCCCCCCCCCCCCCCCCCC(CCCCCCCCCCCCCCCCCC)CCCN1C(=O)C(=O)c2ccc(Br)cc21.CCCCCCCCCCCCCCCCCCC(CCCI)CCCCCCCCCCCCCCCCCC.O=C1Nc2cc(Br)ccc2C1=O. The number of carbonyl (C=O) groups excluding carboxylic acids is 4. The summed E-state index contributed by atoms with van der Waals surface area (Å²) < 4.78 is 3.12. The number of anilines is 2. The van der Waals surface area contributed by atoms with Crippen molar-refractivity contribution in [2.75, 3.05) is 21.2 Å². The van der Waals surface area contributed by atoms with Gasteiger partial charge in [-0.15, -0.1) is 0 Å². The minimum absolute atomic E-state index is 0.347. The van der Waals surface area contributed by atoms with Crippen molar-refractivity contribution >= 4 is 89.2 Å². The molecule has 6 nitrogen and oxygen atoms in total. The second-order valence-electron chi connectivity index (χ2n) is 33.0.